The third kappa shape index (κ3) is 2.28. The van der Waals surface area contributed by atoms with Crippen molar-refractivity contribution in [2.75, 3.05) is 20.1 Å². The molecular weight excluding hydrogens is 260 g/mol. The molecule has 8 heteroatoms. The van der Waals surface area contributed by atoms with Crippen LogP contribution in [0.4, 0.5) is 0 Å². The molecule has 3 heterocycles. The molecule has 0 aromatic carbocycles. The van der Waals surface area contributed by atoms with Crippen molar-refractivity contribution in [1.82, 2.24) is 25.1 Å². The molecule has 2 aliphatic heterocycles. The Hall–Kier alpha value is -2.25. The van der Waals surface area contributed by atoms with Gasteiger partial charge in [-0.25, -0.2) is 9.99 Å². The van der Waals surface area contributed by atoms with Crippen LogP contribution in [-0.2, 0) is 9.59 Å². The molecule has 0 aliphatic carbocycles. The fourth-order valence-corrected chi connectivity index (χ4v) is 2.59. The number of carbonyl (C=O) groups is 2. The van der Waals surface area contributed by atoms with Gasteiger partial charge < -0.3 is 4.90 Å². The van der Waals surface area contributed by atoms with Crippen molar-refractivity contribution in [3.05, 3.63) is 12.2 Å². The Labute approximate surface area is 115 Å². The Morgan fingerprint density at radius 1 is 1.45 bits per heavy atom. The number of rotatable bonds is 2. The highest BCUT2D eigenvalue weighted by Gasteiger charge is 2.32. The van der Waals surface area contributed by atoms with Crippen molar-refractivity contribution < 1.29 is 9.59 Å². The molecule has 3 rings (SSSR count). The van der Waals surface area contributed by atoms with Crippen molar-refractivity contribution in [1.29, 1.82) is 0 Å². The van der Waals surface area contributed by atoms with E-state index >= 15 is 0 Å². The highest BCUT2D eigenvalue weighted by molar-refractivity contribution is 6.39. The first-order valence-corrected chi connectivity index (χ1v) is 6.63. The largest absolute Gasteiger partial charge is 0.337 e. The van der Waals surface area contributed by atoms with Gasteiger partial charge in [-0.15, -0.1) is 0 Å². The molecule has 1 saturated heterocycles. The van der Waals surface area contributed by atoms with Crippen molar-refractivity contribution in [2.45, 2.75) is 25.2 Å². The van der Waals surface area contributed by atoms with Crippen LogP contribution in [0.2, 0.25) is 0 Å². The summed E-state index contributed by atoms with van der Waals surface area (Å²) in [5.41, 5.74) is 0.463. The first-order valence-electron chi connectivity index (χ1n) is 6.63. The zero-order chi connectivity index (χ0) is 14.1. The van der Waals surface area contributed by atoms with E-state index in [1.807, 2.05) is 0 Å². The molecule has 20 heavy (non-hydrogen) atoms. The van der Waals surface area contributed by atoms with Crippen molar-refractivity contribution in [2.24, 2.45) is 5.10 Å². The van der Waals surface area contributed by atoms with E-state index in [4.69, 9.17) is 0 Å². The van der Waals surface area contributed by atoms with E-state index in [0.717, 1.165) is 12.2 Å². The molecule has 1 aromatic rings. The smallest absolute Gasteiger partial charge is 0.270 e. The van der Waals surface area contributed by atoms with Gasteiger partial charge in [-0.1, -0.05) is 0 Å². The summed E-state index contributed by atoms with van der Waals surface area (Å²) in [4.78, 5) is 29.7. The second kappa shape index (κ2) is 5.03. The number of aromatic amines is 1. The molecule has 0 radical (unpaired) electrons. The maximum Gasteiger partial charge on any atom is 0.270 e. The molecule has 0 spiro atoms. The molecule has 8 nitrogen and oxygen atoms in total. The molecule has 2 aliphatic rings. The van der Waals surface area contributed by atoms with E-state index in [1.54, 1.807) is 11.9 Å². The van der Waals surface area contributed by atoms with Crippen molar-refractivity contribution >= 4 is 17.5 Å². The van der Waals surface area contributed by atoms with E-state index in [2.05, 4.69) is 20.3 Å². The zero-order valence-corrected chi connectivity index (χ0v) is 11.2. The summed E-state index contributed by atoms with van der Waals surface area (Å²) >= 11 is 0. The lowest BCUT2D eigenvalue weighted by Crippen LogP contribution is -2.39. The van der Waals surface area contributed by atoms with E-state index in [-0.39, 0.29) is 17.7 Å². The Morgan fingerprint density at radius 3 is 3.00 bits per heavy atom. The standard InChI is InChI=1S/C12H16N6O2/c1-17-10(19)3-2-9(16-17)12(20)18-5-4-8(6-18)11-13-7-14-15-11/h7-8H,2-6H2,1H3,(H,13,14,15). The van der Waals surface area contributed by atoms with E-state index < -0.39 is 0 Å². The monoisotopic (exact) mass is 276 g/mol. The van der Waals surface area contributed by atoms with Gasteiger partial charge in [-0.3, -0.25) is 14.7 Å². The molecule has 106 valence electrons. The van der Waals surface area contributed by atoms with Gasteiger partial charge >= 0.3 is 0 Å². The van der Waals surface area contributed by atoms with E-state index in [0.29, 0.717) is 31.6 Å². The third-order valence-corrected chi connectivity index (χ3v) is 3.75. The Kier molecular flexibility index (Phi) is 3.21. The van der Waals surface area contributed by atoms with Crippen molar-refractivity contribution in [3.8, 4) is 0 Å². The minimum atomic E-state index is -0.0774. The number of likely N-dealkylation sites (tertiary alicyclic amines) is 1. The first kappa shape index (κ1) is 12.8. The lowest BCUT2D eigenvalue weighted by molar-refractivity contribution is -0.130. The van der Waals surface area contributed by atoms with Crippen LogP contribution in [0.1, 0.15) is 31.0 Å². The third-order valence-electron chi connectivity index (χ3n) is 3.75. The molecule has 1 atom stereocenters. The fourth-order valence-electron chi connectivity index (χ4n) is 2.59. The van der Waals surface area contributed by atoms with Crippen LogP contribution in [0.15, 0.2) is 11.4 Å². The second-order valence-corrected chi connectivity index (χ2v) is 5.07. The lowest BCUT2D eigenvalue weighted by Gasteiger charge is -2.22. The summed E-state index contributed by atoms with van der Waals surface area (Å²) in [6, 6.07) is 0. The number of aromatic nitrogens is 3. The normalized spacial score (nSPS) is 23.1. The predicted octanol–water partition coefficient (Wildman–Crippen LogP) is -0.271. The number of hydrogen-bond donors (Lipinski definition) is 1. The van der Waals surface area contributed by atoms with Gasteiger partial charge in [0, 0.05) is 38.9 Å². The van der Waals surface area contributed by atoms with Crippen molar-refractivity contribution in [3.63, 3.8) is 0 Å². The lowest BCUT2D eigenvalue weighted by atomic mass is 10.1. The van der Waals surface area contributed by atoms with Gasteiger partial charge in [-0.2, -0.15) is 10.2 Å². The highest BCUT2D eigenvalue weighted by atomic mass is 16.2. The number of nitrogens with one attached hydrogen (secondary N) is 1. The average molecular weight is 276 g/mol. The predicted molar refractivity (Wildman–Crippen MR) is 69.8 cm³/mol. The molecule has 1 aromatic heterocycles. The van der Waals surface area contributed by atoms with E-state index in [9.17, 15) is 9.59 Å². The van der Waals surface area contributed by atoms with Crippen LogP contribution in [0.25, 0.3) is 0 Å². The maximum atomic E-state index is 12.4. The van der Waals surface area contributed by atoms with Crippen LogP contribution in [0.3, 0.4) is 0 Å². The van der Waals surface area contributed by atoms with Crippen LogP contribution in [0.5, 0.6) is 0 Å². The second-order valence-electron chi connectivity index (χ2n) is 5.07. The van der Waals surface area contributed by atoms with Crippen LogP contribution in [-0.4, -0.2) is 62.8 Å². The SMILES string of the molecule is CN1N=C(C(=O)N2CCC(c3ncn[nH]3)C2)CCC1=O. The summed E-state index contributed by atoms with van der Waals surface area (Å²) in [6.07, 6.45) is 3.11. The van der Waals surface area contributed by atoms with Crippen LogP contribution >= 0.6 is 0 Å². The summed E-state index contributed by atoms with van der Waals surface area (Å²) in [7, 11) is 1.58. The highest BCUT2D eigenvalue weighted by Crippen LogP contribution is 2.25. The molecule has 1 N–H and O–H groups in total. The van der Waals surface area contributed by atoms with E-state index in [1.165, 1.54) is 11.3 Å². The molecule has 1 fully saturated rings. The minimum Gasteiger partial charge on any atom is -0.337 e. The summed E-state index contributed by atoms with van der Waals surface area (Å²) < 4.78 is 0. The number of nitrogens with zero attached hydrogens (tertiary/aromatic N) is 5. The molecule has 1 unspecified atom stereocenters. The fraction of sp³-hybridized carbons (Fsp3) is 0.583. The number of hydrazone groups is 1. The average Bonchev–Trinajstić information content (AvgIpc) is 3.11. The van der Waals surface area contributed by atoms with Gasteiger partial charge in [0.05, 0.1) is 0 Å². The molecule has 0 saturated carbocycles. The molecular formula is C12H16N6O2. The van der Waals surface area contributed by atoms with Gasteiger partial charge in [0.1, 0.15) is 17.9 Å². The molecule has 0 bridgehead atoms. The number of carbonyl (C=O) groups excluding carboxylic acids is 2. The number of H-pyrrole nitrogens is 1. The summed E-state index contributed by atoms with van der Waals surface area (Å²) in [5.74, 6) is 0.886. The summed E-state index contributed by atoms with van der Waals surface area (Å²) in [6.45, 7) is 1.30. The quantitative estimate of drug-likeness (QED) is 0.804. The van der Waals surface area contributed by atoms with Gasteiger partial charge in [0.25, 0.3) is 5.91 Å². The first-order chi connectivity index (χ1) is 9.65. The van der Waals surface area contributed by atoms with Gasteiger partial charge in [-0.05, 0) is 6.42 Å². The Balaban J connectivity index is 1.67. The number of amides is 2. The zero-order valence-electron chi connectivity index (χ0n) is 11.2. The Morgan fingerprint density at radius 2 is 2.30 bits per heavy atom. The van der Waals surface area contributed by atoms with Gasteiger partial charge in [0.2, 0.25) is 5.91 Å². The van der Waals surface area contributed by atoms with Crippen LogP contribution in [0, 0.1) is 0 Å². The van der Waals surface area contributed by atoms with Gasteiger partial charge in [0.15, 0.2) is 0 Å². The topological polar surface area (TPSA) is 94.6 Å². The summed E-state index contributed by atoms with van der Waals surface area (Å²) in [5, 5.41) is 12.0. The minimum absolute atomic E-state index is 0.0532. The Bertz CT molecular complexity index is 552. The van der Waals surface area contributed by atoms with Crippen LogP contribution < -0.4 is 0 Å². The number of hydrogen-bond acceptors (Lipinski definition) is 5. The maximum absolute atomic E-state index is 12.4. The molecule has 2 amide bonds.